The third kappa shape index (κ3) is 21.0. The van der Waals surface area contributed by atoms with Gasteiger partial charge >= 0.3 is 0 Å². The second kappa shape index (κ2) is 20.0. The van der Waals surface area contributed by atoms with E-state index < -0.39 is 24.0 Å². The summed E-state index contributed by atoms with van der Waals surface area (Å²) in [5.74, 6) is -3.82. The minimum atomic E-state index is -2.97. The third-order valence-corrected chi connectivity index (χ3v) is 5.86. The number of hydrogen-bond acceptors (Lipinski definition) is 6. The predicted molar refractivity (Wildman–Crippen MR) is 124 cm³/mol. The van der Waals surface area contributed by atoms with E-state index in [0.717, 1.165) is 19.3 Å². The maximum Gasteiger partial charge on any atom is 0.278 e. The number of Topliss-reactive ketones (excluding diaryl/α,β-unsaturated/α-hetero) is 1. The average Bonchev–Trinajstić information content (AvgIpc) is 2.62. The molecule has 0 spiro atoms. The Balaban J connectivity index is -0.00000392. The number of nitrogens with two attached hydrogens (primary N) is 2. The molecule has 0 radical (unpaired) electrons. The summed E-state index contributed by atoms with van der Waals surface area (Å²) in [6.07, 6.45) is 18.8. The van der Waals surface area contributed by atoms with Crippen molar-refractivity contribution >= 4 is 5.78 Å². The first-order chi connectivity index (χ1) is 13.6. The highest BCUT2D eigenvalue weighted by atomic mass is 19.0. The molecule has 0 fully saturated rings. The van der Waals surface area contributed by atoms with Gasteiger partial charge in [0.25, 0.3) is 5.97 Å². The Hall–Kier alpha value is -0.670. The fraction of sp³-hybridized carbons (Fsp3) is 0.957. The fourth-order valence-electron chi connectivity index (χ4n) is 3.75. The highest BCUT2D eigenvalue weighted by Crippen LogP contribution is 2.21. The van der Waals surface area contributed by atoms with Crippen LogP contribution in [0, 0.1) is 5.92 Å². The van der Waals surface area contributed by atoms with E-state index in [9.17, 15) is 4.79 Å². The maximum atomic E-state index is 12.2. The molecular weight excluding hydrogens is 406 g/mol. The van der Waals surface area contributed by atoms with Crippen molar-refractivity contribution in [1.82, 2.24) is 0 Å². The van der Waals surface area contributed by atoms with Crippen LogP contribution in [0.15, 0.2) is 0 Å². The third-order valence-electron chi connectivity index (χ3n) is 5.86. The Labute approximate surface area is 187 Å². The van der Waals surface area contributed by atoms with E-state index in [0.29, 0.717) is 6.42 Å². The van der Waals surface area contributed by atoms with Gasteiger partial charge in [0.2, 0.25) is 0 Å². The van der Waals surface area contributed by atoms with Gasteiger partial charge in [-0.25, -0.2) is 0 Å². The van der Waals surface area contributed by atoms with Crippen molar-refractivity contribution in [3.63, 3.8) is 0 Å². The monoisotopic (exact) mass is 456 g/mol. The molecule has 1 unspecified atom stereocenters. The molecule has 0 aromatic rings. The molecule has 0 bridgehead atoms. The number of halogens is 2. The van der Waals surface area contributed by atoms with Gasteiger partial charge < -0.3 is 26.8 Å². The number of ketones is 1. The predicted octanol–water partition coefficient (Wildman–Crippen LogP) is 4.39. The fourth-order valence-corrected chi connectivity index (χ4v) is 3.75. The van der Waals surface area contributed by atoms with Crippen molar-refractivity contribution in [2.24, 2.45) is 17.4 Å². The van der Waals surface area contributed by atoms with Gasteiger partial charge in [0.05, 0.1) is 12.1 Å². The lowest BCUT2D eigenvalue weighted by atomic mass is 9.86. The quantitative estimate of drug-likeness (QED) is 0.136. The molecule has 31 heavy (non-hydrogen) atoms. The van der Waals surface area contributed by atoms with E-state index in [1.54, 1.807) is 6.92 Å². The van der Waals surface area contributed by atoms with Crippen molar-refractivity contribution in [3.05, 3.63) is 0 Å². The first kappa shape index (κ1) is 34.9. The van der Waals surface area contributed by atoms with Crippen molar-refractivity contribution in [3.8, 4) is 0 Å². The number of rotatable bonds is 20. The molecule has 190 valence electrons. The van der Waals surface area contributed by atoms with Gasteiger partial charge in [-0.3, -0.25) is 14.2 Å². The highest BCUT2D eigenvalue weighted by molar-refractivity contribution is 5.81. The molecule has 0 saturated carbocycles. The largest absolute Gasteiger partial charge is 0.344 e. The van der Waals surface area contributed by atoms with E-state index in [4.69, 9.17) is 26.8 Å². The smallest absolute Gasteiger partial charge is 0.278 e. The summed E-state index contributed by atoms with van der Waals surface area (Å²) in [5, 5.41) is 27.1. The Bertz CT molecular complexity index is 419. The number of aliphatic hydroxyl groups is 3. The van der Waals surface area contributed by atoms with Crippen LogP contribution in [0.25, 0.3) is 0 Å². The minimum Gasteiger partial charge on any atom is -0.344 e. The second-order valence-corrected chi connectivity index (χ2v) is 8.95. The number of unbranched alkanes of at least 4 members (excludes halogenated alkanes) is 14. The standard InChI is InChI=1S/C23H48N2O4.2FH/c1-3-4-5-6-7-8-9-10-11-12-13-14-15-16-17-18-21(26)20(2)22(24,25)19-23(27,28)29;;/h20,27-29H,3-19,24-25H2,1-2H3;2*1H. The summed E-state index contributed by atoms with van der Waals surface area (Å²) < 4.78 is 0. The van der Waals surface area contributed by atoms with Crippen molar-refractivity contribution in [2.75, 3.05) is 0 Å². The van der Waals surface area contributed by atoms with E-state index in [1.165, 1.54) is 77.0 Å². The van der Waals surface area contributed by atoms with Crippen LogP contribution in [0.1, 0.15) is 123 Å². The van der Waals surface area contributed by atoms with Gasteiger partial charge in [-0.05, 0) is 6.42 Å². The van der Waals surface area contributed by atoms with Crippen LogP contribution in [0.3, 0.4) is 0 Å². The lowest BCUT2D eigenvalue weighted by Gasteiger charge is -2.33. The molecule has 0 saturated heterocycles. The first-order valence-corrected chi connectivity index (χ1v) is 11.9. The summed E-state index contributed by atoms with van der Waals surface area (Å²) in [7, 11) is 0. The number of carbonyl (C=O) groups is 1. The maximum absolute atomic E-state index is 12.2. The van der Waals surface area contributed by atoms with Gasteiger partial charge in [0.15, 0.2) is 0 Å². The van der Waals surface area contributed by atoms with Crippen molar-refractivity contribution in [2.45, 2.75) is 135 Å². The molecule has 8 heteroatoms. The number of hydrogen-bond donors (Lipinski definition) is 5. The molecule has 0 rings (SSSR count). The topological polar surface area (TPSA) is 130 Å². The van der Waals surface area contributed by atoms with E-state index in [-0.39, 0.29) is 15.2 Å². The van der Waals surface area contributed by atoms with Crippen LogP contribution in [0.4, 0.5) is 9.41 Å². The molecular formula is C23H50F2N2O4. The summed E-state index contributed by atoms with van der Waals surface area (Å²) in [6.45, 7) is 3.82. The summed E-state index contributed by atoms with van der Waals surface area (Å²) in [6, 6.07) is 0. The van der Waals surface area contributed by atoms with Gasteiger partial charge in [-0.15, -0.1) is 0 Å². The van der Waals surface area contributed by atoms with Gasteiger partial charge in [0, 0.05) is 12.3 Å². The molecule has 0 aromatic carbocycles. The zero-order chi connectivity index (χ0) is 22.2. The molecule has 7 N–H and O–H groups in total. The molecule has 0 aromatic heterocycles. The van der Waals surface area contributed by atoms with Crippen LogP contribution in [-0.2, 0) is 4.79 Å². The Kier molecular flexibility index (Phi) is 22.5. The van der Waals surface area contributed by atoms with Gasteiger partial charge in [0.1, 0.15) is 5.78 Å². The van der Waals surface area contributed by atoms with Crippen LogP contribution in [0.2, 0.25) is 0 Å². The first-order valence-electron chi connectivity index (χ1n) is 11.9. The van der Waals surface area contributed by atoms with E-state index >= 15 is 0 Å². The normalized spacial score (nSPS) is 12.7. The van der Waals surface area contributed by atoms with Crippen LogP contribution < -0.4 is 11.5 Å². The Morgan fingerprint density at radius 2 is 1.03 bits per heavy atom. The lowest BCUT2D eigenvalue weighted by molar-refractivity contribution is -0.322. The number of carbonyl (C=O) groups excluding carboxylic acids is 1. The van der Waals surface area contributed by atoms with Crippen LogP contribution in [0.5, 0.6) is 0 Å². The highest BCUT2D eigenvalue weighted by Gasteiger charge is 2.39. The summed E-state index contributed by atoms with van der Waals surface area (Å²) in [4.78, 5) is 12.2. The zero-order valence-corrected chi connectivity index (χ0v) is 19.8. The Morgan fingerprint density at radius 1 is 0.710 bits per heavy atom. The minimum absolute atomic E-state index is 0. The molecule has 0 heterocycles. The second-order valence-electron chi connectivity index (χ2n) is 8.95. The lowest BCUT2D eigenvalue weighted by Crippen LogP contribution is -2.61. The van der Waals surface area contributed by atoms with Crippen molar-refractivity contribution in [1.29, 1.82) is 0 Å². The van der Waals surface area contributed by atoms with Gasteiger partial charge in [-0.1, -0.05) is 104 Å². The molecule has 0 aliphatic carbocycles. The van der Waals surface area contributed by atoms with Crippen LogP contribution >= 0.6 is 0 Å². The SMILES string of the molecule is CCCCCCCCCCCCCCCCCC(=O)C(C)C(N)(N)CC(O)(O)O.F.F. The van der Waals surface area contributed by atoms with Crippen molar-refractivity contribution < 1.29 is 29.5 Å². The van der Waals surface area contributed by atoms with E-state index in [2.05, 4.69) is 6.92 Å². The summed E-state index contributed by atoms with van der Waals surface area (Å²) in [5.41, 5.74) is 9.91. The van der Waals surface area contributed by atoms with E-state index in [1.807, 2.05) is 0 Å². The molecule has 0 aliphatic rings. The molecule has 6 nitrogen and oxygen atoms in total. The summed E-state index contributed by atoms with van der Waals surface area (Å²) >= 11 is 0. The molecule has 0 amide bonds. The van der Waals surface area contributed by atoms with Gasteiger partial charge in [-0.2, -0.15) is 0 Å². The molecule has 0 aliphatic heterocycles. The average molecular weight is 457 g/mol. The molecule has 1 atom stereocenters. The zero-order valence-electron chi connectivity index (χ0n) is 19.8. The Morgan fingerprint density at radius 3 is 1.35 bits per heavy atom. The van der Waals surface area contributed by atoms with Crippen LogP contribution in [-0.4, -0.2) is 32.7 Å².